The minimum atomic E-state index is -3.07. The molecule has 0 heterocycles. The number of hydrogen-bond donors (Lipinski definition) is 1. The summed E-state index contributed by atoms with van der Waals surface area (Å²) in [5, 5.41) is 2.79. The molecule has 0 fully saturated rings. The standard InChI is InChI=1S/C15H31NO3S/c1-5-6-7-8-9-11-14(17)16-12-10-13-20(18,19)15(2,3)4/h5-13H2,1-4H3,(H,16,17). The van der Waals surface area contributed by atoms with E-state index in [1.165, 1.54) is 19.3 Å². The van der Waals surface area contributed by atoms with Gasteiger partial charge in [0, 0.05) is 13.0 Å². The molecule has 0 aromatic rings. The van der Waals surface area contributed by atoms with Crippen LogP contribution in [0.25, 0.3) is 0 Å². The maximum atomic E-state index is 11.9. The van der Waals surface area contributed by atoms with Crippen molar-refractivity contribution in [1.82, 2.24) is 5.32 Å². The molecule has 0 unspecified atom stereocenters. The van der Waals surface area contributed by atoms with Gasteiger partial charge in [0.1, 0.15) is 0 Å². The molecule has 0 bridgehead atoms. The summed E-state index contributed by atoms with van der Waals surface area (Å²) < 4.78 is 23.0. The van der Waals surface area contributed by atoms with Crippen LogP contribution in [0.5, 0.6) is 0 Å². The van der Waals surface area contributed by atoms with Crippen molar-refractivity contribution < 1.29 is 13.2 Å². The molecular formula is C15H31NO3S. The first-order chi connectivity index (χ1) is 9.20. The van der Waals surface area contributed by atoms with E-state index >= 15 is 0 Å². The molecule has 0 aromatic carbocycles. The summed E-state index contributed by atoms with van der Waals surface area (Å²) in [5.74, 6) is 0.169. The van der Waals surface area contributed by atoms with Gasteiger partial charge >= 0.3 is 0 Å². The fourth-order valence-corrected chi connectivity index (χ4v) is 2.91. The number of nitrogens with one attached hydrogen (secondary N) is 1. The maximum Gasteiger partial charge on any atom is 0.219 e. The molecule has 20 heavy (non-hydrogen) atoms. The Labute approximate surface area is 124 Å². The molecule has 0 aromatic heterocycles. The summed E-state index contributed by atoms with van der Waals surface area (Å²) in [6.07, 6.45) is 6.68. The third kappa shape index (κ3) is 8.56. The molecular weight excluding hydrogens is 274 g/mol. The highest BCUT2D eigenvalue weighted by Gasteiger charge is 2.27. The first-order valence-electron chi connectivity index (χ1n) is 7.69. The van der Waals surface area contributed by atoms with Gasteiger partial charge in [-0.2, -0.15) is 0 Å². The summed E-state index contributed by atoms with van der Waals surface area (Å²) in [6.45, 7) is 7.73. The molecule has 0 aliphatic carbocycles. The Morgan fingerprint density at radius 3 is 2.15 bits per heavy atom. The van der Waals surface area contributed by atoms with Crippen LogP contribution < -0.4 is 5.32 Å². The molecule has 120 valence electrons. The predicted molar refractivity (Wildman–Crippen MR) is 84.5 cm³/mol. The highest BCUT2D eigenvalue weighted by Crippen LogP contribution is 2.16. The van der Waals surface area contributed by atoms with Crippen molar-refractivity contribution in [2.24, 2.45) is 0 Å². The molecule has 5 heteroatoms. The van der Waals surface area contributed by atoms with Gasteiger partial charge in [-0.15, -0.1) is 0 Å². The quantitative estimate of drug-likeness (QED) is 0.631. The van der Waals surface area contributed by atoms with Crippen molar-refractivity contribution in [3.05, 3.63) is 0 Å². The second-order valence-electron chi connectivity index (χ2n) is 6.30. The fourth-order valence-electron chi connectivity index (χ4n) is 1.77. The van der Waals surface area contributed by atoms with E-state index in [9.17, 15) is 13.2 Å². The van der Waals surface area contributed by atoms with Gasteiger partial charge in [-0.25, -0.2) is 8.42 Å². The molecule has 0 radical (unpaired) electrons. The van der Waals surface area contributed by atoms with Gasteiger partial charge in [0.15, 0.2) is 9.84 Å². The van der Waals surface area contributed by atoms with Crippen molar-refractivity contribution in [3.63, 3.8) is 0 Å². The zero-order valence-electron chi connectivity index (χ0n) is 13.5. The van der Waals surface area contributed by atoms with Gasteiger partial charge in [0.2, 0.25) is 5.91 Å². The maximum absolute atomic E-state index is 11.9. The minimum Gasteiger partial charge on any atom is -0.356 e. The molecule has 4 nitrogen and oxygen atoms in total. The SMILES string of the molecule is CCCCCCCC(=O)NCCCS(=O)(=O)C(C)(C)C. The summed E-state index contributed by atoms with van der Waals surface area (Å²) in [6, 6.07) is 0. The third-order valence-electron chi connectivity index (χ3n) is 3.35. The minimum absolute atomic E-state index is 0.0367. The van der Waals surface area contributed by atoms with Gasteiger partial charge in [-0.3, -0.25) is 4.79 Å². The Hall–Kier alpha value is -0.580. The lowest BCUT2D eigenvalue weighted by Crippen LogP contribution is -2.32. The Morgan fingerprint density at radius 1 is 1.00 bits per heavy atom. The van der Waals surface area contributed by atoms with Crippen molar-refractivity contribution in [2.75, 3.05) is 12.3 Å². The van der Waals surface area contributed by atoms with Crippen LogP contribution in [0.3, 0.4) is 0 Å². The third-order valence-corrected chi connectivity index (χ3v) is 6.04. The van der Waals surface area contributed by atoms with E-state index in [2.05, 4.69) is 12.2 Å². The van der Waals surface area contributed by atoms with Crippen LogP contribution in [0, 0.1) is 0 Å². The molecule has 0 saturated carbocycles. The van der Waals surface area contributed by atoms with Crippen molar-refractivity contribution in [2.45, 2.75) is 77.4 Å². The molecule has 1 N–H and O–H groups in total. The van der Waals surface area contributed by atoms with Crippen LogP contribution in [-0.2, 0) is 14.6 Å². The first kappa shape index (κ1) is 19.4. The number of hydrogen-bond acceptors (Lipinski definition) is 3. The van der Waals surface area contributed by atoms with E-state index in [0.29, 0.717) is 19.4 Å². The van der Waals surface area contributed by atoms with E-state index in [1.54, 1.807) is 20.8 Å². The van der Waals surface area contributed by atoms with Crippen LogP contribution in [0.15, 0.2) is 0 Å². The van der Waals surface area contributed by atoms with E-state index < -0.39 is 14.6 Å². The van der Waals surface area contributed by atoms with E-state index in [4.69, 9.17) is 0 Å². The highest BCUT2D eigenvalue weighted by atomic mass is 32.2. The number of carbonyl (C=O) groups excluding carboxylic acids is 1. The fraction of sp³-hybridized carbons (Fsp3) is 0.933. The van der Waals surface area contributed by atoms with Crippen LogP contribution in [0.2, 0.25) is 0 Å². The van der Waals surface area contributed by atoms with Crippen molar-refractivity contribution in [1.29, 1.82) is 0 Å². The van der Waals surface area contributed by atoms with Crippen LogP contribution in [-0.4, -0.2) is 31.4 Å². The largest absolute Gasteiger partial charge is 0.356 e. The Bertz CT molecular complexity index is 369. The lowest BCUT2D eigenvalue weighted by atomic mass is 10.1. The average molecular weight is 305 g/mol. The number of unbranched alkanes of at least 4 members (excludes halogenated alkanes) is 4. The molecule has 0 aliphatic rings. The summed E-state index contributed by atoms with van der Waals surface area (Å²) in [5.41, 5.74) is 0. The lowest BCUT2D eigenvalue weighted by Gasteiger charge is -2.18. The second-order valence-corrected chi connectivity index (χ2v) is 9.16. The second kappa shape index (κ2) is 9.37. The van der Waals surface area contributed by atoms with Gasteiger partial charge < -0.3 is 5.32 Å². The van der Waals surface area contributed by atoms with Crippen LogP contribution in [0.4, 0.5) is 0 Å². The van der Waals surface area contributed by atoms with E-state index in [-0.39, 0.29) is 11.7 Å². The molecule has 0 rings (SSSR count). The Balaban J connectivity index is 3.68. The lowest BCUT2D eigenvalue weighted by molar-refractivity contribution is -0.121. The summed E-state index contributed by atoms with van der Waals surface area (Å²) in [7, 11) is -3.07. The zero-order valence-corrected chi connectivity index (χ0v) is 14.3. The van der Waals surface area contributed by atoms with Gasteiger partial charge in [0.05, 0.1) is 10.5 Å². The number of rotatable bonds is 10. The Kier molecular flexibility index (Phi) is 9.10. The van der Waals surface area contributed by atoms with E-state index in [0.717, 1.165) is 12.8 Å². The highest BCUT2D eigenvalue weighted by molar-refractivity contribution is 7.92. The normalized spacial score (nSPS) is 12.4. The summed E-state index contributed by atoms with van der Waals surface area (Å²) in [4.78, 5) is 11.5. The molecule has 0 aliphatic heterocycles. The number of sulfone groups is 1. The van der Waals surface area contributed by atoms with Gasteiger partial charge in [0.25, 0.3) is 0 Å². The average Bonchev–Trinajstić information content (AvgIpc) is 2.33. The zero-order chi connectivity index (χ0) is 15.6. The monoisotopic (exact) mass is 305 g/mol. The van der Waals surface area contributed by atoms with Gasteiger partial charge in [-0.1, -0.05) is 32.6 Å². The molecule has 1 amide bonds. The van der Waals surface area contributed by atoms with Crippen molar-refractivity contribution in [3.8, 4) is 0 Å². The van der Waals surface area contributed by atoms with Crippen molar-refractivity contribution >= 4 is 15.7 Å². The first-order valence-corrected chi connectivity index (χ1v) is 9.35. The number of carbonyl (C=O) groups is 1. The molecule has 0 saturated heterocycles. The molecule has 0 spiro atoms. The summed E-state index contributed by atoms with van der Waals surface area (Å²) >= 11 is 0. The van der Waals surface area contributed by atoms with Gasteiger partial charge in [-0.05, 0) is 33.6 Å². The van der Waals surface area contributed by atoms with Crippen LogP contribution in [0.1, 0.15) is 72.6 Å². The number of amides is 1. The van der Waals surface area contributed by atoms with Crippen LogP contribution >= 0.6 is 0 Å². The predicted octanol–water partition coefficient (Wildman–Crippen LogP) is 3.07. The smallest absolute Gasteiger partial charge is 0.219 e. The topological polar surface area (TPSA) is 63.2 Å². The Morgan fingerprint density at radius 2 is 1.60 bits per heavy atom. The molecule has 0 atom stereocenters. The van der Waals surface area contributed by atoms with E-state index in [1.807, 2.05) is 0 Å².